The number of sulfonamides is 1. The maximum absolute atomic E-state index is 11.8. The first-order chi connectivity index (χ1) is 8.95. The summed E-state index contributed by atoms with van der Waals surface area (Å²) in [7, 11) is -1.67. The van der Waals surface area contributed by atoms with Crippen molar-refractivity contribution in [1.29, 1.82) is 0 Å². The van der Waals surface area contributed by atoms with Crippen molar-refractivity contribution in [2.24, 2.45) is 0 Å². The van der Waals surface area contributed by atoms with Crippen molar-refractivity contribution in [1.82, 2.24) is 4.31 Å². The van der Waals surface area contributed by atoms with Gasteiger partial charge in [0.15, 0.2) is 0 Å². The molecule has 0 atom stereocenters. The molecule has 1 aromatic rings. The van der Waals surface area contributed by atoms with E-state index < -0.39 is 10.0 Å². The summed E-state index contributed by atoms with van der Waals surface area (Å²) in [5.74, 6) is 1.14. The molecule has 0 heterocycles. The van der Waals surface area contributed by atoms with Crippen LogP contribution in [0.4, 0.5) is 0 Å². The molecule has 0 radical (unpaired) electrons. The molecule has 0 saturated heterocycles. The zero-order valence-corrected chi connectivity index (χ0v) is 13.8. The van der Waals surface area contributed by atoms with Crippen molar-refractivity contribution in [3.63, 3.8) is 0 Å². The Morgan fingerprint density at radius 3 is 2.53 bits per heavy atom. The molecular formula is C12H17BrClNO3S. The van der Waals surface area contributed by atoms with Gasteiger partial charge in [-0.15, -0.1) is 11.6 Å². The van der Waals surface area contributed by atoms with Crippen LogP contribution in [0.5, 0.6) is 5.75 Å². The molecule has 0 spiro atoms. The molecule has 0 aliphatic heterocycles. The predicted molar refractivity (Wildman–Crippen MR) is 81.4 cm³/mol. The van der Waals surface area contributed by atoms with E-state index in [0.717, 1.165) is 10.2 Å². The van der Waals surface area contributed by atoms with Crippen LogP contribution in [0.25, 0.3) is 0 Å². The van der Waals surface area contributed by atoms with Gasteiger partial charge in [-0.1, -0.05) is 15.9 Å². The van der Waals surface area contributed by atoms with Crippen molar-refractivity contribution >= 4 is 37.6 Å². The highest BCUT2D eigenvalue weighted by Gasteiger charge is 2.16. The number of likely N-dealkylation sites (N-methyl/N-ethyl adjacent to an activating group) is 1. The Bertz CT molecular complexity index is 478. The molecule has 0 bridgehead atoms. The number of hydrogen-bond acceptors (Lipinski definition) is 3. The number of benzene rings is 1. The highest BCUT2D eigenvalue weighted by Crippen LogP contribution is 2.16. The summed E-state index contributed by atoms with van der Waals surface area (Å²) in [6, 6.07) is 7.39. The number of alkyl halides is 1. The van der Waals surface area contributed by atoms with Crippen molar-refractivity contribution in [2.45, 2.75) is 6.42 Å². The van der Waals surface area contributed by atoms with Crippen LogP contribution in [-0.2, 0) is 10.0 Å². The largest absolute Gasteiger partial charge is 0.492 e. The summed E-state index contributed by atoms with van der Waals surface area (Å²) >= 11 is 8.83. The van der Waals surface area contributed by atoms with Gasteiger partial charge in [-0.25, -0.2) is 12.7 Å². The lowest BCUT2D eigenvalue weighted by molar-refractivity contribution is 0.287. The minimum Gasteiger partial charge on any atom is -0.492 e. The SMILES string of the molecule is CN(CCOc1ccc(Br)cc1)S(=O)(=O)CCCCl. The topological polar surface area (TPSA) is 46.6 Å². The van der Waals surface area contributed by atoms with Crippen LogP contribution in [0.3, 0.4) is 0 Å². The number of rotatable bonds is 8. The highest BCUT2D eigenvalue weighted by molar-refractivity contribution is 9.10. The van der Waals surface area contributed by atoms with Crippen LogP contribution in [0.1, 0.15) is 6.42 Å². The normalized spacial score (nSPS) is 11.8. The van der Waals surface area contributed by atoms with Gasteiger partial charge in [-0.05, 0) is 30.7 Å². The average Bonchev–Trinajstić information content (AvgIpc) is 2.38. The third-order valence-electron chi connectivity index (χ3n) is 2.50. The van der Waals surface area contributed by atoms with E-state index in [1.807, 2.05) is 24.3 Å². The molecule has 0 fully saturated rings. The molecule has 0 aliphatic rings. The van der Waals surface area contributed by atoms with E-state index >= 15 is 0 Å². The van der Waals surface area contributed by atoms with Gasteiger partial charge in [0.05, 0.1) is 5.75 Å². The second kappa shape index (κ2) is 8.09. The van der Waals surface area contributed by atoms with Crippen molar-refractivity contribution in [2.75, 3.05) is 31.8 Å². The lowest BCUT2D eigenvalue weighted by atomic mass is 10.3. The van der Waals surface area contributed by atoms with E-state index in [1.165, 1.54) is 4.31 Å². The molecule has 0 aromatic heterocycles. The first-order valence-electron chi connectivity index (χ1n) is 5.84. The lowest BCUT2D eigenvalue weighted by Gasteiger charge is -2.17. The number of ether oxygens (including phenoxy) is 1. The molecule has 0 aliphatic carbocycles. The van der Waals surface area contributed by atoms with Gasteiger partial charge in [0.25, 0.3) is 0 Å². The van der Waals surface area contributed by atoms with Gasteiger partial charge in [0.1, 0.15) is 12.4 Å². The Hall–Kier alpha value is -0.300. The van der Waals surface area contributed by atoms with Gasteiger partial charge in [0.2, 0.25) is 10.0 Å². The number of nitrogens with zero attached hydrogens (tertiary/aromatic N) is 1. The van der Waals surface area contributed by atoms with Crippen LogP contribution >= 0.6 is 27.5 Å². The van der Waals surface area contributed by atoms with E-state index in [-0.39, 0.29) is 5.75 Å². The van der Waals surface area contributed by atoms with Crippen molar-refractivity contribution in [3.8, 4) is 5.75 Å². The Morgan fingerprint density at radius 2 is 1.95 bits per heavy atom. The average molecular weight is 371 g/mol. The number of halogens is 2. The Balaban J connectivity index is 2.38. The van der Waals surface area contributed by atoms with Gasteiger partial charge < -0.3 is 4.74 Å². The molecule has 1 rings (SSSR count). The maximum Gasteiger partial charge on any atom is 0.214 e. The summed E-state index contributed by atoms with van der Waals surface area (Å²) in [4.78, 5) is 0. The van der Waals surface area contributed by atoms with Crippen LogP contribution in [0, 0.1) is 0 Å². The molecule has 108 valence electrons. The minimum atomic E-state index is -3.22. The molecule has 0 unspecified atom stereocenters. The van der Waals surface area contributed by atoms with E-state index in [9.17, 15) is 8.42 Å². The smallest absolute Gasteiger partial charge is 0.214 e. The molecule has 1 aromatic carbocycles. The predicted octanol–water partition coefficient (Wildman–Crippen LogP) is 2.72. The van der Waals surface area contributed by atoms with Crippen molar-refractivity contribution < 1.29 is 13.2 Å². The first-order valence-corrected chi connectivity index (χ1v) is 8.78. The molecule has 4 nitrogen and oxygen atoms in total. The van der Waals surface area contributed by atoms with E-state index in [2.05, 4.69) is 15.9 Å². The van der Waals surface area contributed by atoms with Crippen LogP contribution in [-0.4, -0.2) is 44.6 Å². The summed E-state index contributed by atoms with van der Waals surface area (Å²) in [6.45, 7) is 0.638. The second-order valence-electron chi connectivity index (χ2n) is 3.98. The molecule has 0 N–H and O–H groups in total. The standard InChI is InChI=1S/C12H17BrClNO3S/c1-15(19(16,17)10-2-7-14)8-9-18-12-5-3-11(13)4-6-12/h3-6H,2,7-10H2,1H3. The van der Waals surface area contributed by atoms with Gasteiger partial charge >= 0.3 is 0 Å². The highest BCUT2D eigenvalue weighted by atomic mass is 79.9. The van der Waals surface area contributed by atoms with E-state index in [1.54, 1.807) is 7.05 Å². The van der Waals surface area contributed by atoms with Gasteiger partial charge in [-0.3, -0.25) is 0 Å². The fourth-order valence-electron chi connectivity index (χ4n) is 1.35. The van der Waals surface area contributed by atoms with E-state index in [4.69, 9.17) is 16.3 Å². The Kier molecular flexibility index (Phi) is 7.13. The number of hydrogen-bond donors (Lipinski definition) is 0. The fraction of sp³-hybridized carbons (Fsp3) is 0.500. The molecule has 0 saturated carbocycles. The molecule has 0 amide bonds. The lowest BCUT2D eigenvalue weighted by Crippen LogP contribution is -2.32. The monoisotopic (exact) mass is 369 g/mol. The summed E-state index contributed by atoms with van der Waals surface area (Å²) in [5.41, 5.74) is 0. The maximum atomic E-state index is 11.8. The van der Waals surface area contributed by atoms with Crippen LogP contribution < -0.4 is 4.74 Å². The van der Waals surface area contributed by atoms with Crippen molar-refractivity contribution in [3.05, 3.63) is 28.7 Å². The van der Waals surface area contributed by atoms with Crippen LogP contribution in [0.15, 0.2) is 28.7 Å². The molecule has 7 heteroatoms. The third-order valence-corrected chi connectivity index (χ3v) is 5.23. The summed E-state index contributed by atoms with van der Waals surface area (Å²) in [5, 5.41) is 0. The Labute approximate surface area is 127 Å². The second-order valence-corrected chi connectivity index (χ2v) is 7.47. The molecular weight excluding hydrogens is 354 g/mol. The quantitative estimate of drug-likeness (QED) is 0.661. The fourth-order valence-corrected chi connectivity index (χ4v) is 3.08. The van der Waals surface area contributed by atoms with E-state index in [0.29, 0.717) is 25.5 Å². The summed E-state index contributed by atoms with van der Waals surface area (Å²) < 4.78 is 31.3. The van der Waals surface area contributed by atoms with Crippen LogP contribution in [0.2, 0.25) is 0 Å². The summed E-state index contributed by atoms with van der Waals surface area (Å²) in [6.07, 6.45) is 0.460. The van der Waals surface area contributed by atoms with Gasteiger partial charge in [0, 0.05) is 23.9 Å². The zero-order valence-electron chi connectivity index (χ0n) is 10.7. The third kappa shape index (κ3) is 6.12. The van der Waals surface area contributed by atoms with Gasteiger partial charge in [-0.2, -0.15) is 0 Å². The first kappa shape index (κ1) is 16.8. The zero-order chi connectivity index (χ0) is 14.3. The Morgan fingerprint density at radius 1 is 1.32 bits per heavy atom. The minimum absolute atomic E-state index is 0.0747. The molecule has 19 heavy (non-hydrogen) atoms.